The topological polar surface area (TPSA) is 41.1 Å². The highest BCUT2D eigenvalue weighted by atomic mass is 32.1. The molecule has 1 amide bonds. The number of rotatable bonds is 0. The van der Waals surface area contributed by atoms with Crippen molar-refractivity contribution < 1.29 is 4.79 Å². The molecule has 0 fully saturated rings. The summed E-state index contributed by atoms with van der Waals surface area (Å²) in [4.78, 5) is 12.4. The van der Waals surface area contributed by atoms with Gasteiger partial charge in [0.1, 0.15) is 5.00 Å². The van der Waals surface area contributed by atoms with Crippen molar-refractivity contribution in [2.24, 2.45) is 0 Å². The zero-order chi connectivity index (χ0) is 12.8. The number of carbonyl (C=O) groups excluding carboxylic acids is 1. The lowest BCUT2D eigenvalue weighted by atomic mass is 10.1. The summed E-state index contributed by atoms with van der Waals surface area (Å²) in [6.45, 7) is 0. The van der Waals surface area contributed by atoms with Crippen LogP contribution in [0.3, 0.4) is 0 Å². The van der Waals surface area contributed by atoms with Crippen molar-refractivity contribution in [3.63, 3.8) is 0 Å². The third-order valence-corrected chi connectivity index (χ3v) is 4.33. The Morgan fingerprint density at radius 3 is 2.37 bits per heavy atom. The maximum absolute atomic E-state index is 12.4. The molecule has 4 heteroatoms. The molecule has 2 aromatic carbocycles. The molecule has 1 aromatic heterocycles. The van der Waals surface area contributed by atoms with Crippen LogP contribution in [-0.4, -0.2) is 5.91 Å². The Balaban J connectivity index is 2.00. The van der Waals surface area contributed by atoms with Crippen LogP contribution in [0.5, 0.6) is 0 Å². The van der Waals surface area contributed by atoms with E-state index < -0.39 is 0 Å². The third-order valence-electron chi connectivity index (χ3n) is 3.25. The average molecular weight is 266 g/mol. The predicted octanol–water partition coefficient (Wildman–Crippen LogP) is 4.21. The van der Waals surface area contributed by atoms with Crippen molar-refractivity contribution in [1.29, 1.82) is 0 Å². The lowest BCUT2D eigenvalue weighted by Crippen LogP contribution is -2.09. The number of hydrogen-bond acceptors (Lipinski definition) is 3. The summed E-state index contributed by atoms with van der Waals surface area (Å²) in [5, 5.41) is 8.23. The number of hydrogen-bond donors (Lipinski definition) is 2. The standard InChI is InChI=1S/C15H10N2OS/c18-14-13-9-5-1-4-8-12(9)19-15(13)17-11-7-3-2-6-10(11)16-14/h1-8,17H,(H,16,18). The maximum Gasteiger partial charge on any atom is 0.259 e. The Kier molecular flexibility index (Phi) is 2.13. The second-order valence-electron chi connectivity index (χ2n) is 4.43. The van der Waals surface area contributed by atoms with Gasteiger partial charge < -0.3 is 10.6 Å². The molecule has 0 bridgehead atoms. The highest BCUT2D eigenvalue weighted by Gasteiger charge is 2.23. The molecule has 2 heterocycles. The number of nitrogens with one attached hydrogen (secondary N) is 2. The molecular formula is C15H10N2OS. The first kappa shape index (κ1) is 10.6. The highest BCUT2D eigenvalue weighted by molar-refractivity contribution is 7.23. The van der Waals surface area contributed by atoms with E-state index in [0.29, 0.717) is 0 Å². The molecule has 0 atom stereocenters. The van der Waals surface area contributed by atoms with Crippen LogP contribution in [0.1, 0.15) is 10.4 Å². The molecule has 0 spiro atoms. The van der Waals surface area contributed by atoms with Crippen LogP contribution in [-0.2, 0) is 0 Å². The van der Waals surface area contributed by atoms with Gasteiger partial charge >= 0.3 is 0 Å². The summed E-state index contributed by atoms with van der Waals surface area (Å²) in [5.74, 6) is -0.0510. The first-order valence-corrected chi connectivity index (χ1v) is 6.83. The van der Waals surface area contributed by atoms with E-state index >= 15 is 0 Å². The summed E-state index contributed by atoms with van der Waals surface area (Å²) < 4.78 is 1.12. The van der Waals surface area contributed by atoms with Gasteiger partial charge in [-0.2, -0.15) is 0 Å². The quantitative estimate of drug-likeness (QED) is 0.640. The molecular weight excluding hydrogens is 256 g/mol. The summed E-state index contributed by atoms with van der Waals surface area (Å²) in [7, 11) is 0. The van der Waals surface area contributed by atoms with Crippen molar-refractivity contribution in [2.75, 3.05) is 10.6 Å². The number of anilines is 3. The Morgan fingerprint density at radius 1 is 0.842 bits per heavy atom. The minimum Gasteiger partial charge on any atom is -0.345 e. The molecule has 0 aliphatic carbocycles. The average Bonchev–Trinajstić information content (AvgIpc) is 2.72. The Bertz CT molecular complexity index is 807. The molecule has 1 aliphatic rings. The van der Waals surface area contributed by atoms with Gasteiger partial charge in [0.15, 0.2) is 0 Å². The smallest absolute Gasteiger partial charge is 0.259 e. The van der Waals surface area contributed by atoms with Gasteiger partial charge in [0.05, 0.1) is 16.9 Å². The molecule has 0 saturated heterocycles. The van der Waals surface area contributed by atoms with E-state index in [-0.39, 0.29) is 5.91 Å². The Morgan fingerprint density at radius 2 is 1.53 bits per heavy atom. The van der Waals surface area contributed by atoms with Gasteiger partial charge in [-0.05, 0) is 18.2 Å². The van der Waals surface area contributed by atoms with E-state index in [0.717, 1.165) is 32.0 Å². The van der Waals surface area contributed by atoms with Crippen molar-refractivity contribution in [2.45, 2.75) is 0 Å². The summed E-state index contributed by atoms with van der Waals surface area (Å²) in [6.07, 6.45) is 0. The maximum atomic E-state index is 12.4. The number of fused-ring (bicyclic) bond motifs is 4. The van der Waals surface area contributed by atoms with Crippen molar-refractivity contribution in [3.8, 4) is 0 Å². The highest BCUT2D eigenvalue weighted by Crippen LogP contribution is 2.41. The van der Waals surface area contributed by atoms with Crippen molar-refractivity contribution >= 4 is 43.7 Å². The molecule has 0 unspecified atom stereocenters. The molecule has 19 heavy (non-hydrogen) atoms. The van der Waals surface area contributed by atoms with Crippen LogP contribution < -0.4 is 10.6 Å². The van der Waals surface area contributed by atoms with Gasteiger partial charge in [-0.3, -0.25) is 4.79 Å². The van der Waals surface area contributed by atoms with E-state index in [2.05, 4.69) is 10.6 Å². The zero-order valence-electron chi connectivity index (χ0n) is 9.94. The van der Waals surface area contributed by atoms with Gasteiger partial charge in [0.2, 0.25) is 0 Å². The fourth-order valence-electron chi connectivity index (χ4n) is 2.37. The minimum absolute atomic E-state index is 0.0510. The lowest BCUT2D eigenvalue weighted by Gasteiger charge is -2.06. The van der Waals surface area contributed by atoms with Gasteiger partial charge in [-0.15, -0.1) is 11.3 Å². The monoisotopic (exact) mass is 266 g/mol. The number of amides is 1. The first-order chi connectivity index (χ1) is 9.33. The number of para-hydroxylation sites is 2. The van der Waals surface area contributed by atoms with Gasteiger partial charge in [0.25, 0.3) is 5.91 Å². The molecule has 92 valence electrons. The zero-order valence-corrected chi connectivity index (χ0v) is 10.8. The summed E-state index contributed by atoms with van der Waals surface area (Å²) in [6, 6.07) is 15.7. The van der Waals surface area contributed by atoms with E-state index in [9.17, 15) is 4.79 Å². The molecule has 3 aromatic rings. The Hall–Kier alpha value is -2.33. The minimum atomic E-state index is -0.0510. The van der Waals surface area contributed by atoms with Gasteiger partial charge in [-0.1, -0.05) is 30.3 Å². The molecule has 4 rings (SSSR count). The molecule has 1 aliphatic heterocycles. The van der Waals surface area contributed by atoms with E-state index in [1.165, 1.54) is 0 Å². The SMILES string of the molecule is O=C1Nc2ccccc2Nc2sc3ccccc3c21. The van der Waals surface area contributed by atoms with E-state index in [1.54, 1.807) is 11.3 Å². The van der Waals surface area contributed by atoms with Crippen LogP contribution in [0, 0.1) is 0 Å². The van der Waals surface area contributed by atoms with Crippen molar-refractivity contribution in [3.05, 3.63) is 54.1 Å². The summed E-state index contributed by atoms with van der Waals surface area (Å²) in [5.41, 5.74) is 2.48. The fraction of sp³-hybridized carbons (Fsp3) is 0. The van der Waals surface area contributed by atoms with Gasteiger partial charge in [-0.25, -0.2) is 0 Å². The Labute approximate surface area is 113 Å². The molecule has 2 N–H and O–H groups in total. The molecule has 3 nitrogen and oxygen atoms in total. The lowest BCUT2D eigenvalue weighted by molar-refractivity contribution is 0.103. The van der Waals surface area contributed by atoms with Crippen molar-refractivity contribution in [1.82, 2.24) is 0 Å². The fourth-order valence-corrected chi connectivity index (χ4v) is 3.48. The second kappa shape index (κ2) is 3.83. The third kappa shape index (κ3) is 1.54. The number of carbonyl (C=O) groups is 1. The molecule has 0 saturated carbocycles. The second-order valence-corrected chi connectivity index (χ2v) is 5.48. The first-order valence-electron chi connectivity index (χ1n) is 6.02. The molecule has 0 radical (unpaired) electrons. The van der Waals surface area contributed by atoms with E-state index in [4.69, 9.17) is 0 Å². The largest absolute Gasteiger partial charge is 0.345 e. The summed E-state index contributed by atoms with van der Waals surface area (Å²) >= 11 is 1.61. The van der Waals surface area contributed by atoms with Gasteiger partial charge in [0, 0.05) is 10.1 Å². The van der Waals surface area contributed by atoms with Crippen LogP contribution in [0.15, 0.2) is 48.5 Å². The number of benzene rings is 2. The normalized spacial score (nSPS) is 13.2. The van der Waals surface area contributed by atoms with Crippen LogP contribution >= 0.6 is 11.3 Å². The van der Waals surface area contributed by atoms with Crippen LogP contribution in [0.4, 0.5) is 16.4 Å². The predicted molar refractivity (Wildman–Crippen MR) is 79.5 cm³/mol. The van der Waals surface area contributed by atoms with E-state index in [1.807, 2.05) is 48.5 Å². The van der Waals surface area contributed by atoms with Crippen LogP contribution in [0.25, 0.3) is 10.1 Å². The number of thiophene rings is 1. The van der Waals surface area contributed by atoms with Crippen LogP contribution in [0.2, 0.25) is 0 Å².